The van der Waals surface area contributed by atoms with Crippen molar-refractivity contribution in [1.82, 2.24) is 19.9 Å². The average Bonchev–Trinajstić information content (AvgIpc) is 2.31. The summed E-state index contributed by atoms with van der Waals surface area (Å²) >= 11 is 0. The molecular formula is C10H11N5. The summed E-state index contributed by atoms with van der Waals surface area (Å²) in [5.74, 6) is 0.749. The average molecular weight is 201 g/mol. The third-order valence-corrected chi connectivity index (χ3v) is 1.87. The number of hydrogen-bond donors (Lipinski definition) is 1. The Morgan fingerprint density at radius 2 is 2.00 bits per heavy atom. The van der Waals surface area contributed by atoms with Gasteiger partial charge < -0.3 is 5.32 Å². The van der Waals surface area contributed by atoms with Crippen molar-refractivity contribution in [2.75, 3.05) is 11.9 Å². The number of anilines is 1. The smallest absolute Gasteiger partial charge is 0.154 e. The van der Waals surface area contributed by atoms with E-state index in [0.717, 1.165) is 23.8 Å². The van der Waals surface area contributed by atoms with E-state index in [1.807, 2.05) is 13.0 Å². The molecule has 0 radical (unpaired) electrons. The van der Waals surface area contributed by atoms with Crippen molar-refractivity contribution in [3.8, 4) is 11.4 Å². The van der Waals surface area contributed by atoms with Crippen LogP contribution in [0.25, 0.3) is 11.4 Å². The molecular weight excluding hydrogens is 190 g/mol. The van der Waals surface area contributed by atoms with Crippen LogP contribution in [0.15, 0.2) is 31.0 Å². The maximum atomic E-state index is 4.25. The molecule has 2 rings (SSSR count). The first-order valence-corrected chi connectivity index (χ1v) is 4.73. The van der Waals surface area contributed by atoms with Crippen LogP contribution in [0.3, 0.4) is 0 Å². The van der Waals surface area contributed by atoms with E-state index >= 15 is 0 Å². The number of hydrogen-bond acceptors (Lipinski definition) is 5. The maximum absolute atomic E-state index is 4.25. The standard InChI is InChI=1S/C10H11N5/c1-2-12-10-9(13-5-6-14-10)8-3-4-11-7-15-8/h3-7H,2H2,1H3,(H,12,14). The summed E-state index contributed by atoms with van der Waals surface area (Å²) in [6, 6.07) is 1.81. The van der Waals surface area contributed by atoms with Crippen molar-refractivity contribution < 1.29 is 0 Å². The van der Waals surface area contributed by atoms with Gasteiger partial charge in [-0.2, -0.15) is 0 Å². The normalized spacial score (nSPS) is 9.93. The Balaban J connectivity index is 2.43. The largest absolute Gasteiger partial charge is 0.368 e. The second kappa shape index (κ2) is 4.45. The third kappa shape index (κ3) is 2.07. The lowest BCUT2D eigenvalue weighted by Crippen LogP contribution is -2.03. The van der Waals surface area contributed by atoms with E-state index in [1.54, 1.807) is 18.6 Å². The molecule has 5 heteroatoms. The molecule has 5 nitrogen and oxygen atoms in total. The summed E-state index contributed by atoms with van der Waals surface area (Å²) in [7, 11) is 0. The van der Waals surface area contributed by atoms with Crippen LogP contribution in [0.5, 0.6) is 0 Å². The first-order valence-electron chi connectivity index (χ1n) is 4.73. The minimum atomic E-state index is 0.749. The van der Waals surface area contributed by atoms with Gasteiger partial charge in [-0.3, -0.25) is 0 Å². The van der Waals surface area contributed by atoms with Gasteiger partial charge in [-0.1, -0.05) is 0 Å². The van der Waals surface area contributed by atoms with Gasteiger partial charge in [0.2, 0.25) is 0 Å². The first kappa shape index (κ1) is 9.51. The van der Waals surface area contributed by atoms with Crippen LogP contribution >= 0.6 is 0 Å². The summed E-state index contributed by atoms with van der Waals surface area (Å²) in [4.78, 5) is 16.5. The van der Waals surface area contributed by atoms with Crippen molar-refractivity contribution in [3.63, 3.8) is 0 Å². The predicted octanol–water partition coefficient (Wildman–Crippen LogP) is 1.37. The van der Waals surface area contributed by atoms with Crippen molar-refractivity contribution in [1.29, 1.82) is 0 Å². The lowest BCUT2D eigenvalue weighted by Gasteiger charge is -2.06. The summed E-state index contributed by atoms with van der Waals surface area (Å²) in [5, 5.41) is 3.14. The van der Waals surface area contributed by atoms with Gasteiger partial charge in [0.15, 0.2) is 5.82 Å². The van der Waals surface area contributed by atoms with Crippen molar-refractivity contribution >= 4 is 5.82 Å². The molecule has 76 valence electrons. The zero-order valence-electron chi connectivity index (χ0n) is 8.38. The molecule has 0 aliphatic carbocycles. The van der Waals surface area contributed by atoms with Gasteiger partial charge in [0.1, 0.15) is 12.0 Å². The van der Waals surface area contributed by atoms with Crippen LogP contribution < -0.4 is 5.32 Å². The molecule has 2 aromatic rings. The fourth-order valence-corrected chi connectivity index (χ4v) is 1.25. The molecule has 0 bridgehead atoms. The van der Waals surface area contributed by atoms with Gasteiger partial charge in [0.05, 0.1) is 5.69 Å². The molecule has 0 aliphatic rings. The van der Waals surface area contributed by atoms with E-state index in [9.17, 15) is 0 Å². The van der Waals surface area contributed by atoms with Crippen molar-refractivity contribution in [2.24, 2.45) is 0 Å². The minimum absolute atomic E-state index is 0.749. The van der Waals surface area contributed by atoms with Crippen LogP contribution in [-0.2, 0) is 0 Å². The van der Waals surface area contributed by atoms with Crippen LogP contribution in [0.1, 0.15) is 6.92 Å². The summed E-state index contributed by atoms with van der Waals surface area (Å²) in [5.41, 5.74) is 1.52. The van der Waals surface area contributed by atoms with Gasteiger partial charge in [-0.15, -0.1) is 0 Å². The SMILES string of the molecule is CCNc1nccnc1-c1ccncn1. The second-order valence-electron chi connectivity index (χ2n) is 2.88. The molecule has 0 aliphatic heterocycles. The van der Waals surface area contributed by atoms with Gasteiger partial charge in [-0.25, -0.2) is 19.9 Å². The van der Waals surface area contributed by atoms with Crippen LogP contribution in [0.2, 0.25) is 0 Å². The number of rotatable bonds is 3. The van der Waals surface area contributed by atoms with Gasteiger partial charge in [-0.05, 0) is 13.0 Å². The molecule has 2 heterocycles. The Morgan fingerprint density at radius 1 is 1.13 bits per heavy atom. The number of nitrogens with one attached hydrogen (secondary N) is 1. The van der Waals surface area contributed by atoms with E-state index in [0.29, 0.717) is 0 Å². The molecule has 0 aromatic carbocycles. The first-order chi connectivity index (χ1) is 7.42. The number of nitrogens with zero attached hydrogens (tertiary/aromatic N) is 4. The second-order valence-corrected chi connectivity index (χ2v) is 2.88. The highest BCUT2D eigenvalue weighted by Gasteiger charge is 2.06. The fraction of sp³-hybridized carbons (Fsp3) is 0.200. The maximum Gasteiger partial charge on any atom is 0.154 e. The predicted molar refractivity (Wildman–Crippen MR) is 57.2 cm³/mol. The Morgan fingerprint density at radius 3 is 2.73 bits per heavy atom. The van der Waals surface area contributed by atoms with Crippen molar-refractivity contribution in [3.05, 3.63) is 31.0 Å². The fourth-order valence-electron chi connectivity index (χ4n) is 1.25. The third-order valence-electron chi connectivity index (χ3n) is 1.87. The molecule has 0 fully saturated rings. The summed E-state index contributed by atoms with van der Waals surface area (Å²) in [6.07, 6.45) is 6.49. The Bertz CT molecular complexity index is 429. The zero-order chi connectivity index (χ0) is 10.5. The molecule has 0 unspecified atom stereocenters. The molecule has 0 saturated heterocycles. The Hall–Kier alpha value is -2.04. The topological polar surface area (TPSA) is 63.6 Å². The molecule has 15 heavy (non-hydrogen) atoms. The van der Waals surface area contributed by atoms with Gasteiger partial charge in [0, 0.05) is 25.1 Å². The molecule has 2 aromatic heterocycles. The van der Waals surface area contributed by atoms with E-state index in [2.05, 4.69) is 25.3 Å². The Kier molecular flexibility index (Phi) is 2.82. The van der Waals surface area contributed by atoms with E-state index in [-0.39, 0.29) is 0 Å². The lowest BCUT2D eigenvalue weighted by atomic mass is 10.3. The van der Waals surface area contributed by atoms with Gasteiger partial charge >= 0.3 is 0 Å². The minimum Gasteiger partial charge on any atom is -0.368 e. The Labute approximate surface area is 87.6 Å². The zero-order valence-corrected chi connectivity index (χ0v) is 8.38. The lowest BCUT2D eigenvalue weighted by molar-refractivity contribution is 1.10. The molecule has 0 spiro atoms. The highest BCUT2D eigenvalue weighted by atomic mass is 15.0. The highest BCUT2D eigenvalue weighted by Crippen LogP contribution is 2.19. The van der Waals surface area contributed by atoms with Crippen LogP contribution in [0, 0.1) is 0 Å². The van der Waals surface area contributed by atoms with Gasteiger partial charge in [0.25, 0.3) is 0 Å². The van der Waals surface area contributed by atoms with Crippen LogP contribution in [-0.4, -0.2) is 26.5 Å². The molecule has 0 saturated carbocycles. The number of aromatic nitrogens is 4. The van der Waals surface area contributed by atoms with E-state index in [1.165, 1.54) is 6.33 Å². The monoisotopic (exact) mass is 201 g/mol. The molecule has 1 N–H and O–H groups in total. The van der Waals surface area contributed by atoms with E-state index in [4.69, 9.17) is 0 Å². The van der Waals surface area contributed by atoms with Crippen molar-refractivity contribution in [2.45, 2.75) is 6.92 Å². The quantitative estimate of drug-likeness (QED) is 0.812. The van der Waals surface area contributed by atoms with Crippen LogP contribution in [0.4, 0.5) is 5.82 Å². The van der Waals surface area contributed by atoms with E-state index < -0.39 is 0 Å². The summed E-state index contributed by atoms with van der Waals surface area (Å²) < 4.78 is 0. The summed E-state index contributed by atoms with van der Waals surface area (Å²) in [6.45, 7) is 2.81. The molecule has 0 atom stereocenters. The molecule has 0 amide bonds. The highest BCUT2D eigenvalue weighted by molar-refractivity contribution is 5.67.